The number of allylic oxidation sites excluding steroid dienone is 1. The Hall–Kier alpha value is -8.74. The van der Waals surface area contributed by atoms with Crippen LogP contribution in [-0.4, -0.2) is 98.3 Å². The first-order chi connectivity index (χ1) is 41.3. The number of nitriles is 2. The summed E-state index contributed by atoms with van der Waals surface area (Å²) in [5.41, 5.74) is 1.43. The first-order valence-corrected chi connectivity index (χ1v) is 29.4. The van der Waals surface area contributed by atoms with Crippen LogP contribution < -0.4 is 18.9 Å². The number of ether oxygens (including phenoxy) is 10. The zero-order valence-corrected chi connectivity index (χ0v) is 49.0. The molecule has 22 nitrogen and oxygen atoms in total. The van der Waals surface area contributed by atoms with Gasteiger partial charge in [0.25, 0.3) is 0 Å². The van der Waals surface area contributed by atoms with Gasteiger partial charge >= 0.3 is 59.7 Å². The molecular formula is C62H64N2O20S2. The lowest BCUT2D eigenvalue weighted by molar-refractivity contribution is -0.157. The predicted octanol–water partition coefficient (Wildman–Crippen LogP) is 8.83. The minimum atomic E-state index is -0.699. The summed E-state index contributed by atoms with van der Waals surface area (Å²) in [6.07, 6.45) is 3.28. The maximum absolute atomic E-state index is 13.7. The number of carbonyl (C=O) groups is 10. The van der Waals surface area contributed by atoms with Gasteiger partial charge in [0.1, 0.15) is 66.1 Å². The zero-order valence-electron chi connectivity index (χ0n) is 47.4. The van der Waals surface area contributed by atoms with E-state index in [-0.39, 0.29) is 69.2 Å². The number of hydrogen-bond acceptors (Lipinski definition) is 24. The summed E-state index contributed by atoms with van der Waals surface area (Å²) in [4.78, 5) is 125. The van der Waals surface area contributed by atoms with Crippen molar-refractivity contribution in [3.05, 3.63) is 107 Å². The van der Waals surface area contributed by atoms with Crippen LogP contribution in [0.25, 0.3) is 0 Å². The van der Waals surface area contributed by atoms with Crippen molar-refractivity contribution < 1.29 is 95.3 Å². The fourth-order valence-electron chi connectivity index (χ4n) is 8.94. The molecule has 86 heavy (non-hydrogen) atoms. The number of hydrogen-bond donors (Lipinski definition) is 0. The van der Waals surface area contributed by atoms with Crippen molar-refractivity contribution >= 4 is 83.2 Å². The lowest BCUT2D eigenvalue weighted by Crippen LogP contribution is -2.30. The number of rotatable bonds is 28. The first kappa shape index (κ1) is 66.4. The molecule has 3 aromatic rings. The topological polar surface area (TPSA) is 311 Å². The molecule has 0 N–H and O–H groups in total. The van der Waals surface area contributed by atoms with Crippen LogP contribution in [0.1, 0.15) is 102 Å². The van der Waals surface area contributed by atoms with Gasteiger partial charge in [-0.1, -0.05) is 60.9 Å². The summed E-state index contributed by atoms with van der Waals surface area (Å²) in [5.74, 6) is -6.86. The van der Waals surface area contributed by atoms with E-state index in [4.69, 9.17) is 47.4 Å². The molecule has 2 atom stereocenters. The van der Waals surface area contributed by atoms with Crippen molar-refractivity contribution in [2.45, 2.75) is 126 Å². The Morgan fingerprint density at radius 2 is 0.814 bits per heavy atom. The first-order valence-electron chi connectivity index (χ1n) is 27.7. The van der Waals surface area contributed by atoms with Gasteiger partial charge in [-0.25, -0.2) is 9.59 Å². The molecule has 2 saturated carbocycles. The summed E-state index contributed by atoms with van der Waals surface area (Å²) in [6.45, 7) is 9.46. The van der Waals surface area contributed by atoms with Gasteiger partial charge in [-0.05, 0) is 113 Å². The zero-order chi connectivity index (χ0) is 62.1. The van der Waals surface area contributed by atoms with E-state index >= 15 is 0 Å². The number of fused-ring (bicyclic) bond motifs is 1. The number of thioether (sulfide) groups is 2. The van der Waals surface area contributed by atoms with E-state index in [1.165, 1.54) is 12.1 Å². The third-order valence-corrected chi connectivity index (χ3v) is 16.3. The van der Waals surface area contributed by atoms with Gasteiger partial charge in [0, 0.05) is 25.0 Å². The third kappa shape index (κ3) is 21.1. The lowest BCUT2D eigenvalue weighted by atomic mass is 9.82. The summed E-state index contributed by atoms with van der Waals surface area (Å²) >= 11 is 2.09. The van der Waals surface area contributed by atoms with Gasteiger partial charge in [-0.3, -0.25) is 38.4 Å². The number of nitrogens with zero attached hydrogens (tertiary/aromatic N) is 2. The molecule has 6 rings (SSSR count). The van der Waals surface area contributed by atoms with E-state index in [0.29, 0.717) is 89.7 Å². The SMILES string of the molecule is C=CC(=O)OCC(C)OC(=O)CCC(=O)OCCc1ccc(OC(=O)C2CCC(C(=O)Oc3ccc(OC(=O)C4CCC(C(=O)Oc5ccc(CCOC(=O)CCC(=O)OC(C)COC(=O)C=C)cc5)CC4)c4c3SC(=C(C#N)C#N)S4)CC2)cc1. The number of benzene rings is 3. The second kappa shape index (κ2) is 33.7. The van der Waals surface area contributed by atoms with Gasteiger partial charge in [0.2, 0.25) is 0 Å². The molecule has 24 heteroatoms. The van der Waals surface area contributed by atoms with Crippen LogP contribution in [0.3, 0.4) is 0 Å². The van der Waals surface area contributed by atoms with Crippen LogP contribution in [0, 0.1) is 46.3 Å². The van der Waals surface area contributed by atoms with Crippen molar-refractivity contribution in [2.75, 3.05) is 26.4 Å². The van der Waals surface area contributed by atoms with Gasteiger partial charge in [0.15, 0.2) is 0 Å². The molecule has 3 aliphatic rings. The van der Waals surface area contributed by atoms with Crippen LogP contribution in [0.2, 0.25) is 0 Å². The minimum Gasteiger partial charge on any atom is -0.465 e. The number of esters is 10. The fourth-order valence-corrected chi connectivity index (χ4v) is 11.4. The Labute approximate surface area is 504 Å². The van der Waals surface area contributed by atoms with Crippen molar-refractivity contribution in [2.24, 2.45) is 23.7 Å². The van der Waals surface area contributed by atoms with E-state index in [9.17, 15) is 58.5 Å². The summed E-state index contributed by atoms with van der Waals surface area (Å²) in [5, 5.41) is 19.4. The molecule has 0 spiro atoms. The smallest absolute Gasteiger partial charge is 0.330 e. The molecule has 1 aliphatic heterocycles. The van der Waals surface area contributed by atoms with E-state index < -0.39 is 95.6 Å². The van der Waals surface area contributed by atoms with Gasteiger partial charge in [-0.15, -0.1) is 0 Å². The minimum absolute atomic E-state index is 0.0475. The molecule has 454 valence electrons. The molecule has 0 amide bonds. The Morgan fingerprint density at radius 1 is 0.488 bits per heavy atom. The maximum atomic E-state index is 13.7. The predicted molar refractivity (Wildman–Crippen MR) is 304 cm³/mol. The largest absolute Gasteiger partial charge is 0.465 e. The molecule has 2 fully saturated rings. The van der Waals surface area contributed by atoms with Crippen LogP contribution in [0.4, 0.5) is 0 Å². The Bertz CT molecular complexity index is 2920. The highest BCUT2D eigenvalue weighted by Gasteiger charge is 2.37. The van der Waals surface area contributed by atoms with E-state index in [2.05, 4.69) is 13.2 Å². The Morgan fingerprint density at radius 3 is 1.14 bits per heavy atom. The van der Waals surface area contributed by atoms with Crippen LogP contribution >= 0.6 is 23.5 Å². The Balaban J connectivity index is 0.901. The van der Waals surface area contributed by atoms with Crippen LogP contribution in [0.15, 0.2) is 106 Å². The molecule has 2 aliphatic carbocycles. The Kier molecular flexibility index (Phi) is 26.0. The quantitative estimate of drug-likeness (QED) is 0.0215. The average molecular weight is 1220 g/mol. The summed E-state index contributed by atoms with van der Waals surface area (Å²) in [7, 11) is 0. The maximum Gasteiger partial charge on any atom is 0.330 e. The lowest BCUT2D eigenvalue weighted by Gasteiger charge is -2.26. The average Bonchev–Trinajstić information content (AvgIpc) is 2.33. The molecular weight excluding hydrogens is 1160 g/mol. The summed E-state index contributed by atoms with van der Waals surface area (Å²) in [6, 6.07) is 20.2. The highest BCUT2D eigenvalue weighted by molar-refractivity contribution is 8.24. The van der Waals surface area contributed by atoms with E-state index in [1.807, 2.05) is 12.1 Å². The van der Waals surface area contributed by atoms with E-state index in [0.717, 1.165) is 46.8 Å². The van der Waals surface area contributed by atoms with Gasteiger partial charge in [0.05, 0.1) is 76.6 Å². The second-order valence-electron chi connectivity index (χ2n) is 20.1. The standard InChI is InChI=1S/C62H64N2O20S2/c1-5-50(65)77-35-37(3)79-54(69)27-25-52(67)75-31-29-39-7-19-46(20-8-39)81-58(71)41-11-15-43(16-12-41)60(73)83-48-23-24-49(57-56(48)85-62(86-57)45(33-63)34-64)84-61(74)44-17-13-42(14-18-44)59(72)82-47-21-9-40(10-22-47)30-32-76-53(68)26-28-55(70)80-38(4)36-78-51(66)6-2/h5-10,19-24,37-38,41-44H,1-2,11-18,25-32,35-36H2,3-4H3. The molecule has 3 aromatic carbocycles. The normalized spacial score (nSPS) is 17.4. The van der Waals surface area contributed by atoms with Crippen molar-refractivity contribution in [3.8, 4) is 35.1 Å². The highest BCUT2D eigenvalue weighted by Crippen LogP contribution is 2.59. The molecule has 0 aromatic heterocycles. The van der Waals surface area contributed by atoms with Gasteiger partial charge < -0.3 is 47.4 Å². The van der Waals surface area contributed by atoms with Gasteiger partial charge in [-0.2, -0.15) is 10.5 Å². The molecule has 0 radical (unpaired) electrons. The summed E-state index contributed by atoms with van der Waals surface area (Å²) < 4.78 is 53.8. The molecule has 0 saturated heterocycles. The molecule has 1 heterocycles. The van der Waals surface area contributed by atoms with Crippen molar-refractivity contribution in [3.63, 3.8) is 0 Å². The van der Waals surface area contributed by atoms with E-state index in [1.54, 1.807) is 62.4 Å². The van der Waals surface area contributed by atoms with Crippen LogP contribution in [0.5, 0.6) is 23.0 Å². The van der Waals surface area contributed by atoms with Crippen molar-refractivity contribution in [1.82, 2.24) is 0 Å². The third-order valence-electron chi connectivity index (χ3n) is 13.6. The van der Waals surface area contributed by atoms with Crippen LogP contribution in [-0.2, 0) is 89.2 Å². The number of carbonyl (C=O) groups excluding carboxylic acids is 10. The fraction of sp³-hybridized carbons (Fsp3) is 0.419. The monoisotopic (exact) mass is 1220 g/mol. The van der Waals surface area contributed by atoms with Crippen molar-refractivity contribution in [1.29, 1.82) is 10.5 Å². The second-order valence-corrected chi connectivity index (χ2v) is 22.4. The molecule has 2 unspecified atom stereocenters. The highest BCUT2D eigenvalue weighted by atomic mass is 32.2. The molecule has 0 bridgehead atoms.